The molecule has 0 unspecified atom stereocenters. The van der Waals surface area contributed by atoms with E-state index in [1.165, 1.54) is 34.1 Å². The Bertz CT molecular complexity index is 1130. The number of nitro groups is 1. The van der Waals surface area contributed by atoms with Gasteiger partial charge in [0.2, 0.25) is 0 Å². The van der Waals surface area contributed by atoms with Crippen LogP contribution in [0.4, 0.5) is 20.6 Å². The number of urea groups is 1. The largest absolute Gasteiger partial charge is 0.335 e. The number of rotatable bonds is 4. The summed E-state index contributed by atoms with van der Waals surface area (Å²) in [6.07, 6.45) is 0.902. The molecule has 0 saturated carbocycles. The Balaban J connectivity index is 1.68. The van der Waals surface area contributed by atoms with Gasteiger partial charge in [0.15, 0.2) is 9.84 Å². The number of anilines is 1. The lowest BCUT2D eigenvalue weighted by atomic mass is 10.1. The van der Waals surface area contributed by atoms with E-state index in [1.54, 1.807) is 0 Å². The molecule has 1 aliphatic heterocycles. The van der Waals surface area contributed by atoms with E-state index in [0.717, 1.165) is 24.5 Å². The zero-order valence-electron chi connectivity index (χ0n) is 16.4. The Morgan fingerprint density at radius 1 is 1.03 bits per heavy atom. The molecule has 2 aromatic carbocycles. The summed E-state index contributed by atoms with van der Waals surface area (Å²) in [7, 11) is -3.76. The maximum Gasteiger partial charge on any atom is 0.321 e. The van der Waals surface area contributed by atoms with E-state index in [1.807, 2.05) is 0 Å². The minimum Gasteiger partial charge on any atom is -0.335 e. The third kappa shape index (κ3) is 5.34. The highest BCUT2D eigenvalue weighted by molar-refractivity contribution is 7.90. The summed E-state index contributed by atoms with van der Waals surface area (Å²) in [5, 5.41) is 13.8. The average molecular weight is 450 g/mol. The highest BCUT2D eigenvalue weighted by Gasteiger charge is 2.27. The van der Waals surface area contributed by atoms with Gasteiger partial charge < -0.3 is 15.1 Å². The van der Waals surface area contributed by atoms with Crippen molar-refractivity contribution in [2.45, 2.75) is 4.90 Å². The number of halogens is 1. The second-order valence-corrected chi connectivity index (χ2v) is 8.98. The van der Waals surface area contributed by atoms with Crippen LogP contribution in [0.2, 0.25) is 0 Å². The van der Waals surface area contributed by atoms with Crippen molar-refractivity contribution in [2.24, 2.45) is 0 Å². The molecule has 0 atom stereocenters. The van der Waals surface area contributed by atoms with Crippen LogP contribution in [0, 0.1) is 15.9 Å². The van der Waals surface area contributed by atoms with Crippen molar-refractivity contribution < 1.29 is 27.3 Å². The van der Waals surface area contributed by atoms with E-state index >= 15 is 0 Å². The summed E-state index contributed by atoms with van der Waals surface area (Å²) in [5.74, 6) is -0.988. The predicted octanol–water partition coefficient (Wildman–Crippen LogP) is 2.13. The van der Waals surface area contributed by atoms with Crippen molar-refractivity contribution in [2.75, 3.05) is 37.8 Å². The van der Waals surface area contributed by atoms with Gasteiger partial charge in [-0.3, -0.25) is 14.9 Å². The molecule has 1 fully saturated rings. The van der Waals surface area contributed by atoms with Gasteiger partial charge in [0.05, 0.1) is 9.82 Å². The fraction of sp³-hybridized carbons (Fsp3) is 0.263. The molecule has 0 aliphatic carbocycles. The Labute approximate surface area is 177 Å². The molecule has 31 heavy (non-hydrogen) atoms. The zero-order chi connectivity index (χ0) is 22.8. The molecule has 1 N–H and O–H groups in total. The van der Waals surface area contributed by atoms with Crippen LogP contribution in [0.3, 0.4) is 0 Å². The summed E-state index contributed by atoms with van der Waals surface area (Å²) in [6, 6.07) is 7.93. The lowest BCUT2D eigenvalue weighted by Crippen LogP contribution is -2.51. The monoisotopic (exact) mass is 450 g/mol. The number of hydrogen-bond acceptors (Lipinski definition) is 6. The van der Waals surface area contributed by atoms with Crippen molar-refractivity contribution >= 4 is 33.2 Å². The molecule has 1 aliphatic rings. The minimum absolute atomic E-state index is 0.112. The van der Waals surface area contributed by atoms with Crippen LogP contribution >= 0.6 is 0 Å². The lowest BCUT2D eigenvalue weighted by molar-refractivity contribution is -0.385. The van der Waals surface area contributed by atoms with Gasteiger partial charge >= 0.3 is 6.03 Å². The number of sulfone groups is 1. The van der Waals surface area contributed by atoms with E-state index in [0.29, 0.717) is 5.69 Å². The standard InChI is InChI=1S/C19H19FN4O6S/c1-31(29,30)17-11-13(10-16(12-17)24(27)28)18(25)22-6-8-23(9-7-22)19(26)21-15-4-2-14(20)3-5-15/h2-5,10-12H,6-9H2,1H3,(H,21,26). The Morgan fingerprint density at radius 2 is 1.61 bits per heavy atom. The van der Waals surface area contributed by atoms with E-state index in [2.05, 4.69) is 5.32 Å². The molecule has 2 aromatic rings. The topological polar surface area (TPSA) is 130 Å². The van der Waals surface area contributed by atoms with Crippen LogP contribution < -0.4 is 5.32 Å². The first-order valence-corrected chi connectivity index (χ1v) is 11.0. The molecule has 0 radical (unpaired) electrons. The summed E-state index contributed by atoms with van der Waals surface area (Å²) in [5.41, 5.74) is -0.183. The summed E-state index contributed by atoms with van der Waals surface area (Å²) >= 11 is 0. The first kappa shape index (κ1) is 22.2. The number of hydrogen-bond donors (Lipinski definition) is 1. The van der Waals surface area contributed by atoms with Crippen LogP contribution in [0.25, 0.3) is 0 Å². The van der Waals surface area contributed by atoms with Gasteiger partial charge in [-0.15, -0.1) is 0 Å². The van der Waals surface area contributed by atoms with Crippen molar-refractivity contribution in [1.82, 2.24) is 9.80 Å². The molecule has 0 bridgehead atoms. The lowest BCUT2D eigenvalue weighted by Gasteiger charge is -2.34. The minimum atomic E-state index is -3.76. The molecule has 1 heterocycles. The van der Waals surface area contributed by atoms with Crippen LogP contribution in [-0.4, -0.2) is 67.5 Å². The van der Waals surface area contributed by atoms with E-state index in [4.69, 9.17) is 0 Å². The van der Waals surface area contributed by atoms with Gasteiger partial charge in [-0.1, -0.05) is 0 Å². The van der Waals surface area contributed by atoms with Crippen molar-refractivity contribution in [3.05, 3.63) is 64.0 Å². The zero-order valence-corrected chi connectivity index (χ0v) is 17.3. The van der Waals surface area contributed by atoms with Gasteiger partial charge in [0.25, 0.3) is 11.6 Å². The maximum absolute atomic E-state index is 13.0. The van der Waals surface area contributed by atoms with Gasteiger partial charge in [0, 0.05) is 55.8 Å². The number of amides is 3. The maximum atomic E-state index is 13.0. The third-order valence-electron chi connectivity index (χ3n) is 4.73. The molecule has 164 valence electrons. The number of piperazine rings is 1. The summed E-state index contributed by atoms with van der Waals surface area (Å²) < 4.78 is 36.6. The third-order valence-corrected chi connectivity index (χ3v) is 5.82. The fourth-order valence-corrected chi connectivity index (χ4v) is 3.73. The van der Waals surface area contributed by atoms with E-state index < -0.39 is 38.2 Å². The first-order chi connectivity index (χ1) is 14.5. The Hall–Kier alpha value is -3.54. The van der Waals surface area contributed by atoms with Gasteiger partial charge in [-0.05, 0) is 30.3 Å². The SMILES string of the molecule is CS(=O)(=O)c1cc(C(=O)N2CCN(C(=O)Nc3ccc(F)cc3)CC2)cc([N+](=O)[O-])c1. The van der Waals surface area contributed by atoms with Gasteiger partial charge in [0.1, 0.15) is 5.82 Å². The molecular weight excluding hydrogens is 431 g/mol. The van der Waals surface area contributed by atoms with Crippen LogP contribution in [0.15, 0.2) is 47.4 Å². The summed E-state index contributed by atoms with van der Waals surface area (Å²) in [6.45, 7) is 0.721. The Kier molecular flexibility index (Phi) is 6.20. The fourth-order valence-electron chi connectivity index (χ4n) is 3.06. The number of nitro benzene ring substituents is 1. The second-order valence-electron chi connectivity index (χ2n) is 6.96. The number of carbonyl (C=O) groups excluding carboxylic acids is 2. The molecule has 12 heteroatoms. The van der Waals surface area contributed by atoms with Crippen LogP contribution in [-0.2, 0) is 9.84 Å². The van der Waals surface area contributed by atoms with Crippen molar-refractivity contribution in [3.63, 3.8) is 0 Å². The second kappa shape index (κ2) is 8.68. The average Bonchev–Trinajstić information content (AvgIpc) is 2.74. The first-order valence-electron chi connectivity index (χ1n) is 9.15. The Morgan fingerprint density at radius 3 is 2.16 bits per heavy atom. The molecule has 3 amide bonds. The molecule has 0 spiro atoms. The van der Waals surface area contributed by atoms with Gasteiger partial charge in [-0.2, -0.15) is 0 Å². The van der Waals surface area contributed by atoms with Crippen LogP contribution in [0.1, 0.15) is 10.4 Å². The normalized spacial score (nSPS) is 14.3. The molecule has 10 nitrogen and oxygen atoms in total. The molecular formula is C19H19FN4O6S. The number of nitrogens with zero attached hydrogens (tertiary/aromatic N) is 3. The van der Waals surface area contributed by atoms with E-state index in [9.17, 15) is 32.5 Å². The number of carbonyl (C=O) groups is 2. The van der Waals surface area contributed by atoms with E-state index in [-0.39, 0.29) is 36.6 Å². The summed E-state index contributed by atoms with van der Waals surface area (Å²) in [4.78, 5) is 38.1. The van der Waals surface area contributed by atoms with Crippen molar-refractivity contribution in [3.8, 4) is 0 Å². The highest BCUT2D eigenvalue weighted by Crippen LogP contribution is 2.22. The predicted molar refractivity (Wildman–Crippen MR) is 109 cm³/mol. The number of benzene rings is 2. The number of nitrogens with one attached hydrogen (secondary N) is 1. The highest BCUT2D eigenvalue weighted by atomic mass is 32.2. The van der Waals surface area contributed by atoms with Crippen LogP contribution in [0.5, 0.6) is 0 Å². The smallest absolute Gasteiger partial charge is 0.321 e. The van der Waals surface area contributed by atoms with Crippen molar-refractivity contribution in [1.29, 1.82) is 0 Å². The molecule has 0 aromatic heterocycles. The number of non-ortho nitro benzene ring substituents is 1. The quantitative estimate of drug-likeness (QED) is 0.561. The molecule has 3 rings (SSSR count). The molecule has 1 saturated heterocycles. The van der Waals surface area contributed by atoms with Gasteiger partial charge in [-0.25, -0.2) is 17.6 Å².